The van der Waals surface area contributed by atoms with E-state index in [4.69, 9.17) is 16.3 Å². The Morgan fingerprint density at radius 1 is 1.43 bits per heavy atom. The minimum Gasteiger partial charge on any atom is -0.496 e. The number of halogens is 1. The Kier molecular flexibility index (Phi) is 6.06. The van der Waals surface area contributed by atoms with Gasteiger partial charge in [-0.3, -0.25) is 9.00 Å². The second kappa shape index (κ2) is 7.80. The zero-order valence-corrected chi connectivity index (χ0v) is 13.6. The van der Waals surface area contributed by atoms with Crippen molar-refractivity contribution in [1.82, 2.24) is 5.32 Å². The molecule has 0 unspecified atom stereocenters. The first-order chi connectivity index (χ1) is 10.1. The lowest BCUT2D eigenvalue weighted by atomic mass is 10.2. The van der Waals surface area contributed by atoms with Crippen LogP contribution in [-0.2, 0) is 21.3 Å². The van der Waals surface area contributed by atoms with Gasteiger partial charge in [0.1, 0.15) is 11.5 Å². The van der Waals surface area contributed by atoms with Gasteiger partial charge < -0.3 is 10.1 Å². The summed E-state index contributed by atoms with van der Waals surface area (Å²) in [5.41, 5.74) is 0.761. The van der Waals surface area contributed by atoms with Gasteiger partial charge in [0.05, 0.1) is 12.9 Å². The molecule has 1 amide bonds. The van der Waals surface area contributed by atoms with Gasteiger partial charge in [-0.15, -0.1) is 0 Å². The molecule has 0 aliphatic heterocycles. The van der Waals surface area contributed by atoms with Crippen molar-refractivity contribution in [2.45, 2.75) is 37.5 Å². The maximum Gasteiger partial charge on any atom is 0.232 e. The van der Waals surface area contributed by atoms with Crippen molar-refractivity contribution in [3.05, 3.63) is 28.8 Å². The molecule has 6 heteroatoms. The van der Waals surface area contributed by atoms with Crippen molar-refractivity contribution in [3.8, 4) is 5.75 Å². The third kappa shape index (κ3) is 5.00. The van der Waals surface area contributed by atoms with Gasteiger partial charge in [0.25, 0.3) is 0 Å². The second-order valence-corrected chi connectivity index (χ2v) is 7.13. The zero-order chi connectivity index (χ0) is 15.2. The maximum absolute atomic E-state index is 12.1. The minimum absolute atomic E-state index is 0.0200. The third-order valence-corrected chi connectivity index (χ3v) is 5.02. The lowest BCUT2D eigenvalue weighted by molar-refractivity contribution is -0.119. The molecule has 1 aromatic rings. The van der Waals surface area contributed by atoms with E-state index in [2.05, 4.69) is 5.32 Å². The van der Waals surface area contributed by atoms with Crippen molar-refractivity contribution < 1.29 is 13.7 Å². The maximum atomic E-state index is 12.1. The summed E-state index contributed by atoms with van der Waals surface area (Å²) >= 11 is 5.94. The summed E-state index contributed by atoms with van der Waals surface area (Å²) < 4.78 is 17.3. The van der Waals surface area contributed by atoms with E-state index < -0.39 is 10.8 Å². The highest BCUT2D eigenvalue weighted by Gasteiger charge is 2.18. The van der Waals surface area contributed by atoms with Crippen LogP contribution in [0.1, 0.15) is 31.2 Å². The van der Waals surface area contributed by atoms with Crippen molar-refractivity contribution in [2.24, 2.45) is 0 Å². The molecule has 1 fully saturated rings. The number of ether oxygens (including phenoxy) is 1. The third-order valence-electron chi connectivity index (χ3n) is 3.57. The summed E-state index contributed by atoms with van der Waals surface area (Å²) in [6.07, 6.45) is 4.38. The molecule has 116 valence electrons. The van der Waals surface area contributed by atoms with Crippen molar-refractivity contribution in [1.29, 1.82) is 0 Å². The van der Waals surface area contributed by atoms with E-state index in [1.165, 1.54) is 0 Å². The lowest BCUT2D eigenvalue weighted by Gasteiger charge is -2.12. The smallest absolute Gasteiger partial charge is 0.232 e. The number of nitrogens with one attached hydrogen (secondary N) is 1. The SMILES string of the molecule is COc1ccc(Cl)cc1C[S@@](=O)CC(=O)NC1CCCC1. The Balaban J connectivity index is 1.89. The second-order valence-electron chi connectivity index (χ2n) is 5.23. The van der Waals surface area contributed by atoms with Gasteiger partial charge in [0.15, 0.2) is 0 Å². The number of carbonyl (C=O) groups is 1. The van der Waals surface area contributed by atoms with E-state index in [1.54, 1.807) is 25.3 Å². The Bertz CT molecular complexity index is 530. The molecule has 21 heavy (non-hydrogen) atoms. The summed E-state index contributed by atoms with van der Waals surface area (Å²) in [5, 5.41) is 3.51. The fourth-order valence-electron chi connectivity index (χ4n) is 2.57. The molecule has 1 aromatic carbocycles. The van der Waals surface area contributed by atoms with E-state index in [0.29, 0.717) is 10.8 Å². The Morgan fingerprint density at radius 3 is 2.81 bits per heavy atom. The monoisotopic (exact) mass is 329 g/mol. The van der Waals surface area contributed by atoms with Gasteiger partial charge in [0, 0.05) is 27.4 Å². The Hall–Kier alpha value is -1.07. The van der Waals surface area contributed by atoms with Gasteiger partial charge in [-0.05, 0) is 31.0 Å². The van der Waals surface area contributed by atoms with Gasteiger partial charge in [-0.2, -0.15) is 0 Å². The summed E-state index contributed by atoms with van der Waals surface area (Å²) in [5.74, 6) is 0.790. The first kappa shape index (κ1) is 16.3. The fraction of sp³-hybridized carbons (Fsp3) is 0.533. The zero-order valence-electron chi connectivity index (χ0n) is 12.1. The summed E-state index contributed by atoms with van der Waals surface area (Å²) in [6, 6.07) is 5.45. The average Bonchev–Trinajstić information content (AvgIpc) is 2.91. The molecule has 0 spiro atoms. The largest absolute Gasteiger partial charge is 0.496 e. The number of amides is 1. The lowest BCUT2D eigenvalue weighted by Crippen LogP contribution is -2.35. The molecule has 0 heterocycles. The molecule has 1 atom stereocenters. The first-order valence-corrected chi connectivity index (χ1v) is 8.92. The van der Waals surface area contributed by atoms with Crippen LogP contribution in [0.4, 0.5) is 0 Å². The topological polar surface area (TPSA) is 55.4 Å². The van der Waals surface area contributed by atoms with Gasteiger partial charge in [0.2, 0.25) is 5.91 Å². The molecule has 1 aliphatic rings. The van der Waals surface area contributed by atoms with E-state index in [0.717, 1.165) is 31.2 Å². The molecule has 1 aliphatic carbocycles. The van der Waals surface area contributed by atoms with Crippen molar-refractivity contribution in [3.63, 3.8) is 0 Å². The van der Waals surface area contributed by atoms with Crippen LogP contribution >= 0.6 is 11.6 Å². The van der Waals surface area contributed by atoms with Crippen LogP contribution in [0.3, 0.4) is 0 Å². The van der Waals surface area contributed by atoms with Gasteiger partial charge in [-0.1, -0.05) is 24.4 Å². The first-order valence-electron chi connectivity index (χ1n) is 7.05. The van der Waals surface area contributed by atoms with Crippen LogP contribution in [0.15, 0.2) is 18.2 Å². The van der Waals surface area contributed by atoms with Crippen LogP contribution in [-0.4, -0.2) is 29.0 Å². The molecule has 0 radical (unpaired) electrons. The van der Waals surface area contributed by atoms with Crippen LogP contribution in [0.5, 0.6) is 5.75 Å². The van der Waals surface area contributed by atoms with E-state index in [-0.39, 0.29) is 23.5 Å². The summed E-state index contributed by atoms with van der Waals surface area (Å²) in [6.45, 7) is 0. The van der Waals surface area contributed by atoms with Gasteiger partial charge in [-0.25, -0.2) is 0 Å². The van der Waals surface area contributed by atoms with Crippen molar-refractivity contribution in [2.75, 3.05) is 12.9 Å². The number of benzene rings is 1. The van der Waals surface area contributed by atoms with E-state index in [9.17, 15) is 9.00 Å². The summed E-state index contributed by atoms with van der Waals surface area (Å²) in [4.78, 5) is 11.9. The predicted octanol–water partition coefficient (Wildman–Crippen LogP) is 2.66. The quantitative estimate of drug-likeness (QED) is 0.873. The number of carbonyl (C=O) groups excluding carboxylic acids is 1. The molecule has 0 bridgehead atoms. The minimum atomic E-state index is -1.27. The van der Waals surface area contributed by atoms with Crippen LogP contribution in [0.2, 0.25) is 5.02 Å². The van der Waals surface area contributed by atoms with Crippen LogP contribution in [0, 0.1) is 0 Å². The standard InChI is InChI=1S/C15H20ClNO3S/c1-20-14-7-6-12(16)8-11(14)9-21(19)10-15(18)17-13-4-2-3-5-13/h6-8,13H,2-5,9-10H2,1H3,(H,17,18)/t21-/m1/s1. The Labute approximate surface area is 132 Å². The molecule has 0 aromatic heterocycles. The highest BCUT2D eigenvalue weighted by atomic mass is 35.5. The van der Waals surface area contributed by atoms with Crippen molar-refractivity contribution >= 4 is 28.3 Å². The van der Waals surface area contributed by atoms with Gasteiger partial charge >= 0.3 is 0 Å². The predicted molar refractivity (Wildman–Crippen MR) is 85.1 cm³/mol. The normalized spacial score (nSPS) is 16.7. The Morgan fingerprint density at radius 2 is 2.14 bits per heavy atom. The molecule has 0 saturated heterocycles. The van der Waals surface area contributed by atoms with E-state index in [1.807, 2.05) is 0 Å². The number of hydrogen-bond donors (Lipinski definition) is 1. The fourth-order valence-corrected chi connectivity index (χ4v) is 3.82. The van der Waals surface area contributed by atoms with Crippen LogP contribution in [0.25, 0.3) is 0 Å². The van der Waals surface area contributed by atoms with E-state index >= 15 is 0 Å². The highest BCUT2D eigenvalue weighted by molar-refractivity contribution is 7.84. The molecule has 1 N–H and O–H groups in total. The molecule has 2 rings (SSSR count). The summed E-state index contributed by atoms with van der Waals surface area (Å²) in [7, 11) is 0.286. The number of hydrogen-bond acceptors (Lipinski definition) is 3. The molecular formula is C15H20ClNO3S. The number of methoxy groups -OCH3 is 1. The number of rotatable bonds is 6. The van der Waals surface area contributed by atoms with Crippen LogP contribution < -0.4 is 10.1 Å². The molecule has 4 nitrogen and oxygen atoms in total. The average molecular weight is 330 g/mol. The highest BCUT2D eigenvalue weighted by Crippen LogP contribution is 2.24. The molecule has 1 saturated carbocycles. The molecular weight excluding hydrogens is 310 g/mol.